The normalized spacial score (nSPS) is 17.1. The Morgan fingerprint density at radius 3 is 2.70 bits per heavy atom. The van der Waals surface area contributed by atoms with Crippen molar-refractivity contribution in [2.24, 2.45) is 11.7 Å². The summed E-state index contributed by atoms with van der Waals surface area (Å²) < 4.78 is 52.0. The van der Waals surface area contributed by atoms with E-state index in [-0.39, 0.29) is 24.0 Å². The number of pyridine rings is 1. The van der Waals surface area contributed by atoms with Gasteiger partial charge in [-0.3, -0.25) is 4.98 Å². The Labute approximate surface area is 164 Å². The van der Waals surface area contributed by atoms with Gasteiger partial charge in [0, 0.05) is 35.6 Å². The van der Waals surface area contributed by atoms with Crippen LogP contribution in [0.2, 0.25) is 0 Å². The smallest absolute Gasteiger partial charge is 0.429 e. The molecule has 0 aliphatic carbocycles. The van der Waals surface area contributed by atoms with Crippen LogP contribution in [-0.2, 0) is 0 Å². The number of alkyl halides is 3. The molecule has 2 N–H and O–H groups in total. The average Bonchev–Trinajstić information content (AvgIpc) is 2.58. The van der Waals surface area contributed by atoms with E-state index in [9.17, 15) is 13.2 Å². The van der Waals surface area contributed by atoms with Crippen LogP contribution in [0.25, 0.3) is 11.1 Å². The summed E-state index contributed by atoms with van der Waals surface area (Å²) in [6.07, 6.45) is -3.17. The van der Waals surface area contributed by atoms with Crippen LogP contribution in [0, 0.1) is 5.92 Å². The molecule has 2 aromatic rings. The van der Waals surface area contributed by atoms with Gasteiger partial charge in [-0.1, -0.05) is 13.8 Å². The van der Waals surface area contributed by atoms with E-state index in [1.807, 2.05) is 0 Å². The first-order valence-electron chi connectivity index (χ1n) is 8.56. The highest BCUT2D eigenvalue weighted by Gasteiger charge is 2.46. The van der Waals surface area contributed by atoms with Crippen LogP contribution in [0.1, 0.15) is 31.9 Å². The summed E-state index contributed by atoms with van der Waals surface area (Å²) in [7, 11) is 0. The third kappa shape index (κ3) is 4.38. The number of nitrogens with two attached hydrogens (primary N) is 1. The number of ether oxygens (including phenoxy) is 2. The van der Waals surface area contributed by atoms with Crippen LogP contribution < -0.4 is 15.2 Å². The summed E-state index contributed by atoms with van der Waals surface area (Å²) in [5.41, 5.74) is 7.02. The van der Waals surface area contributed by atoms with E-state index in [1.165, 1.54) is 18.5 Å². The maximum atomic E-state index is 13.5. The topological polar surface area (TPSA) is 57.4 Å². The number of aromatic nitrogens is 1. The Balaban J connectivity index is 1.93. The summed E-state index contributed by atoms with van der Waals surface area (Å²) in [5.74, 6) is 0.939. The second-order valence-electron chi connectivity index (χ2n) is 6.98. The Morgan fingerprint density at radius 2 is 2.04 bits per heavy atom. The van der Waals surface area contributed by atoms with E-state index in [2.05, 4.69) is 34.8 Å². The predicted octanol–water partition coefficient (Wildman–Crippen LogP) is 5.26. The van der Waals surface area contributed by atoms with Crippen molar-refractivity contribution in [2.45, 2.75) is 38.6 Å². The van der Waals surface area contributed by atoms with Crippen molar-refractivity contribution in [1.29, 1.82) is 0 Å². The maximum absolute atomic E-state index is 13.5. The fraction of sp³-hybridized carbons (Fsp3) is 0.421. The molecule has 0 fully saturated rings. The first kappa shape index (κ1) is 19.9. The van der Waals surface area contributed by atoms with Crippen molar-refractivity contribution in [2.75, 3.05) is 6.61 Å². The minimum atomic E-state index is -4.55. The van der Waals surface area contributed by atoms with E-state index >= 15 is 0 Å². The van der Waals surface area contributed by atoms with Gasteiger partial charge in [-0.05, 0) is 46.0 Å². The zero-order valence-corrected chi connectivity index (χ0v) is 16.5. The Hall–Kier alpha value is -1.80. The van der Waals surface area contributed by atoms with Gasteiger partial charge in [0.2, 0.25) is 6.10 Å². The fourth-order valence-electron chi connectivity index (χ4n) is 3.12. The van der Waals surface area contributed by atoms with Crippen molar-refractivity contribution in [3.63, 3.8) is 0 Å². The molecule has 1 aliphatic rings. The molecule has 1 aliphatic heterocycles. The van der Waals surface area contributed by atoms with Crippen molar-refractivity contribution in [3.8, 4) is 22.6 Å². The average molecular weight is 445 g/mol. The van der Waals surface area contributed by atoms with E-state index < -0.39 is 12.3 Å². The molecular weight excluding hydrogens is 425 g/mol. The van der Waals surface area contributed by atoms with E-state index in [0.29, 0.717) is 27.3 Å². The second-order valence-corrected chi connectivity index (χ2v) is 7.84. The van der Waals surface area contributed by atoms with E-state index in [0.717, 1.165) is 6.42 Å². The van der Waals surface area contributed by atoms with Crippen molar-refractivity contribution >= 4 is 15.9 Å². The second kappa shape index (κ2) is 7.67. The molecule has 0 bridgehead atoms. The Bertz CT molecular complexity index is 827. The van der Waals surface area contributed by atoms with E-state index in [4.69, 9.17) is 15.2 Å². The van der Waals surface area contributed by atoms with Gasteiger partial charge in [0.05, 0.1) is 4.47 Å². The molecule has 0 saturated carbocycles. The predicted molar refractivity (Wildman–Crippen MR) is 99.7 cm³/mol. The standard InChI is InChI=1S/C19H20BrF3N2O2/c1-10(2)5-11(24)9-26-17-7-16-13(6-15(17)20)12-3-4-25-8-14(12)18(27-16)19(21,22)23/h3-4,6-8,10-11,18H,5,9,24H2,1-2H3/t11-,18?/m0/s1. The molecule has 1 aromatic carbocycles. The highest BCUT2D eigenvalue weighted by molar-refractivity contribution is 9.10. The minimum absolute atomic E-state index is 0.00276. The number of hydrogen-bond acceptors (Lipinski definition) is 4. The van der Waals surface area contributed by atoms with Gasteiger partial charge in [0.1, 0.15) is 18.1 Å². The van der Waals surface area contributed by atoms with Crippen LogP contribution in [-0.4, -0.2) is 23.8 Å². The molecule has 27 heavy (non-hydrogen) atoms. The molecule has 0 spiro atoms. The lowest BCUT2D eigenvalue weighted by Gasteiger charge is -2.30. The van der Waals surface area contributed by atoms with Crippen LogP contribution in [0.3, 0.4) is 0 Å². The van der Waals surface area contributed by atoms with Crippen molar-refractivity contribution in [1.82, 2.24) is 4.98 Å². The first-order valence-corrected chi connectivity index (χ1v) is 9.35. The van der Waals surface area contributed by atoms with Crippen LogP contribution in [0.5, 0.6) is 11.5 Å². The summed E-state index contributed by atoms with van der Waals surface area (Å²) >= 11 is 3.42. The number of hydrogen-bond donors (Lipinski definition) is 1. The molecule has 146 valence electrons. The highest BCUT2D eigenvalue weighted by Crippen LogP contribution is 2.50. The number of rotatable bonds is 5. The number of fused-ring (bicyclic) bond motifs is 3. The molecule has 8 heteroatoms. The lowest BCUT2D eigenvalue weighted by Crippen LogP contribution is -2.30. The molecule has 4 nitrogen and oxygen atoms in total. The molecule has 0 saturated heterocycles. The van der Waals surface area contributed by atoms with Gasteiger partial charge in [0.15, 0.2) is 0 Å². The van der Waals surface area contributed by atoms with Gasteiger partial charge in [-0.15, -0.1) is 0 Å². The zero-order valence-electron chi connectivity index (χ0n) is 14.9. The molecule has 1 unspecified atom stereocenters. The minimum Gasteiger partial charge on any atom is -0.491 e. The molecule has 2 heterocycles. The SMILES string of the molecule is CC(C)C[C@H](N)COc1cc2c(cc1Br)-c1ccncc1C(C(F)(F)F)O2. The first-order chi connectivity index (χ1) is 12.7. The number of benzene rings is 1. The van der Waals surface area contributed by atoms with Crippen LogP contribution in [0.15, 0.2) is 35.1 Å². The number of nitrogens with zero attached hydrogens (tertiary/aromatic N) is 1. The fourth-order valence-corrected chi connectivity index (χ4v) is 3.58. The molecular formula is C19H20BrF3N2O2. The monoisotopic (exact) mass is 444 g/mol. The third-order valence-electron chi connectivity index (χ3n) is 4.23. The van der Waals surface area contributed by atoms with Gasteiger partial charge in [-0.25, -0.2) is 0 Å². The molecule has 3 rings (SSSR count). The highest BCUT2D eigenvalue weighted by atomic mass is 79.9. The molecule has 0 radical (unpaired) electrons. The van der Waals surface area contributed by atoms with Gasteiger partial charge in [0.25, 0.3) is 0 Å². The maximum Gasteiger partial charge on any atom is 0.429 e. The lowest BCUT2D eigenvalue weighted by atomic mass is 9.94. The lowest BCUT2D eigenvalue weighted by molar-refractivity contribution is -0.198. The largest absolute Gasteiger partial charge is 0.491 e. The summed E-state index contributed by atoms with van der Waals surface area (Å²) in [6, 6.07) is 4.57. The molecule has 0 amide bonds. The van der Waals surface area contributed by atoms with Gasteiger partial charge >= 0.3 is 6.18 Å². The summed E-state index contributed by atoms with van der Waals surface area (Å²) in [4.78, 5) is 3.82. The van der Waals surface area contributed by atoms with E-state index in [1.54, 1.807) is 12.1 Å². The summed E-state index contributed by atoms with van der Waals surface area (Å²) in [6.45, 7) is 4.39. The van der Waals surface area contributed by atoms with Crippen molar-refractivity contribution in [3.05, 3.63) is 40.6 Å². The molecule has 2 atom stereocenters. The third-order valence-corrected chi connectivity index (χ3v) is 4.85. The molecule has 1 aromatic heterocycles. The van der Waals surface area contributed by atoms with Crippen molar-refractivity contribution < 1.29 is 22.6 Å². The van der Waals surface area contributed by atoms with Gasteiger partial charge in [-0.2, -0.15) is 13.2 Å². The Kier molecular flexibility index (Phi) is 5.67. The van der Waals surface area contributed by atoms with Crippen LogP contribution >= 0.6 is 15.9 Å². The van der Waals surface area contributed by atoms with Gasteiger partial charge < -0.3 is 15.2 Å². The zero-order chi connectivity index (χ0) is 19.8. The Morgan fingerprint density at radius 1 is 1.30 bits per heavy atom. The van der Waals surface area contributed by atoms with Crippen LogP contribution in [0.4, 0.5) is 13.2 Å². The summed E-state index contributed by atoms with van der Waals surface area (Å²) in [5, 5.41) is 0. The quantitative estimate of drug-likeness (QED) is 0.683. The number of halogens is 4.